The molecule has 2 aromatic rings. The van der Waals surface area contributed by atoms with E-state index in [0.29, 0.717) is 11.5 Å². The van der Waals surface area contributed by atoms with E-state index in [4.69, 9.17) is 10.6 Å². The van der Waals surface area contributed by atoms with E-state index in [1.54, 1.807) is 19.2 Å². The second-order valence-corrected chi connectivity index (χ2v) is 4.07. The summed E-state index contributed by atoms with van der Waals surface area (Å²) < 4.78 is 5.16. The van der Waals surface area contributed by atoms with E-state index in [0.717, 1.165) is 11.3 Å². The molecule has 1 aromatic heterocycles. The van der Waals surface area contributed by atoms with Crippen molar-refractivity contribution >= 4 is 17.4 Å². The number of carbonyl (C=O) groups excluding carboxylic acids is 1. The molecule has 1 amide bonds. The molecular weight excluding hydrogens is 258 g/mol. The Labute approximate surface area is 116 Å². The van der Waals surface area contributed by atoms with Crippen molar-refractivity contribution in [3.63, 3.8) is 0 Å². The highest BCUT2D eigenvalue weighted by molar-refractivity contribution is 6.02. The summed E-state index contributed by atoms with van der Waals surface area (Å²) in [7, 11) is 1.60. The molecule has 0 aliphatic rings. The standard InChI is InChI=1S/C13H15N5O2/c1-8-5-9(3-4-11(8)20-2)16-13(19)10-6-15-7-12(17-10)18-14/h3-7H,14H2,1-2H3,(H,16,19)(H,17,18). The van der Waals surface area contributed by atoms with Crippen LogP contribution in [0.15, 0.2) is 30.6 Å². The first kappa shape index (κ1) is 13.8. The molecule has 7 nitrogen and oxygen atoms in total. The van der Waals surface area contributed by atoms with Crippen LogP contribution >= 0.6 is 0 Å². The first-order chi connectivity index (χ1) is 9.63. The summed E-state index contributed by atoms with van der Waals surface area (Å²) in [5, 5.41) is 2.74. The number of nitrogen functional groups attached to an aromatic ring is 1. The second kappa shape index (κ2) is 5.98. The number of anilines is 2. The molecule has 0 saturated heterocycles. The fraction of sp³-hybridized carbons (Fsp3) is 0.154. The minimum atomic E-state index is -0.362. The van der Waals surface area contributed by atoms with Gasteiger partial charge in [-0.3, -0.25) is 9.78 Å². The van der Waals surface area contributed by atoms with Gasteiger partial charge in [-0.05, 0) is 30.7 Å². The van der Waals surface area contributed by atoms with Crippen LogP contribution in [0.3, 0.4) is 0 Å². The Morgan fingerprint density at radius 1 is 1.35 bits per heavy atom. The van der Waals surface area contributed by atoms with Crippen LogP contribution in [0.1, 0.15) is 16.1 Å². The molecule has 4 N–H and O–H groups in total. The van der Waals surface area contributed by atoms with Gasteiger partial charge in [0.15, 0.2) is 5.82 Å². The summed E-state index contributed by atoms with van der Waals surface area (Å²) in [6.45, 7) is 1.90. The van der Waals surface area contributed by atoms with Crippen molar-refractivity contribution in [1.82, 2.24) is 9.97 Å². The molecule has 0 fully saturated rings. The third-order valence-corrected chi connectivity index (χ3v) is 2.67. The number of nitrogens with zero attached hydrogens (tertiary/aromatic N) is 2. The maximum Gasteiger partial charge on any atom is 0.275 e. The Morgan fingerprint density at radius 2 is 2.15 bits per heavy atom. The van der Waals surface area contributed by atoms with Gasteiger partial charge in [0.2, 0.25) is 0 Å². The quantitative estimate of drug-likeness (QED) is 0.573. The Morgan fingerprint density at radius 3 is 2.80 bits per heavy atom. The minimum Gasteiger partial charge on any atom is -0.496 e. The molecule has 0 saturated carbocycles. The Bertz CT molecular complexity index is 630. The van der Waals surface area contributed by atoms with Crippen LogP contribution in [0.4, 0.5) is 11.5 Å². The minimum absolute atomic E-state index is 0.175. The molecule has 20 heavy (non-hydrogen) atoms. The number of amides is 1. The number of methoxy groups -OCH3 is 1. The Kier molecular flexibility index (Phi) is 4.11. The number of rotatable bonds is 4. The largest absolute Gasteiger partial charge is 0.496 e. The van der Waals surface area contributed by atoms with Crippen molar-refractivity contribution in [2.75, 3.05) is 17.9 Å². The van der Waals surface area contributed by atoms with E-state index in [9.17, 15) is 4.79 Å². The van der Waals surface area contributed by atoms with Gasteiger partial charge in [-0.15, -0.1) is 0 Å². The second-order valence-electron chi connectivity index (χ2n) is 4.07. The number of aromatic nitrogens is 2. The summed E-state index contributed by atoms with van der Waals surface area (Å²) in [5.74, 6) is 5.95. The van der Waals surface area contributed by atoms with E-state index in [1.165, 1.54) is 12.4 Å². The van der Waals surface area contributed by atoms with Crippen LogP contribution in [0, 0.1) is 6.92 Å². The van der Waals surface area contributed by atoms with Crippen molar-refractivity contribution < 1.29 is 9.53 Å². The van der Waals surface area contributed by atoms with Gasteiger partial charge in [-0.1, -0.05) is 0 Å². The van der Waals surface area contributed by atoms with Gasteiger partial charge in [0.25, 0.3) is 5.91 Å². The third kappa shape index (κ3) is 3.01. The van der Waals surface area contributed by atoms with E-state index in [2.05, 4.69) is 20.7 Å². The first-order valence-electron chi connectivity index (χ1n) is 5.88. The fourth-order valence-electron chi connectivity index (χ4n) is 1.70. The fourth-order valence-corrected chi connectivity index (χ4v) is 1.70. The van der Waals surface area contributed by atoms with Crippen molar-refractivity contribution in [3.8, 4) is 5.75 Å². The van der Waals surface area contributed by atoms with Gasteiger partial charge in [-0.25, -0.2) is 10.8 Å². The number of hydrogen-bond donors (Lipinski definition) is 3. The predicted octanol–water partition coefficient (Wildman–Crippen LogP) is 1.33. The van der Waals surface area contributed by atoms with Crippen molar-refractivity contribution in [2.24, 2.45) is 5.84 Å². The molecule has 0 radical (unpaired) electrons. The molecule has 2 rings (SSSR count). The van der Waals surface area contributed by atoms with Gasteiger partial charge in [0.1, 0.15) is 11.4 Å². The zero-order chi connectivity index (χ0) is 14.5. The Hall–Kier alpha value is -2.67. The SMILES string of the molecule is COc1ccc(NC(=O)c2cncc(NN)n2)cc1C. The van der Waals surface area contributed by atoms with Gasteiger partial charge in [0.05, 0.1) is 19.5 Å². The van der Waals surface area contributed by atoms with Crippen LogP contribution in [0.5, 0.6) is 5.75 Å². The lowest BCUT2D eigenvalue weighted by molar-refractivity contribution is 0.102. The molecular formula is C13H15N5O2. The molecule has 0 aliphatic heterocycles. The molecule has 1 aromatic carbocycles. The predicted molar refractivity (Wildman–Crippen MR) is 75.5 cm³/mol. The summed E-state index contributed by atoms with van der Waals surface area (Å²) in [6.07, 6.45) is 2.79. The van der Waals surface area contributed by atoms with Crippen LogP contribution < -0.4 is 21.3 Å². The van der Waals surface area contributed by atoms with E-state index in [1.807, 2.05) is 13.0 Å². The normalized spacial score (nSPS) is 9.95. The number of aryl methyl sites for hydroxylation is 1. The molecule has 104 valence electrons. The molecule has 1 heterocycles. The zero-order valence-corrected chi connectivity index (χ0v) is 11.2. The number of hydrogen-bond acceptors (Lipinski definition) is 6. The summed E-state index contributed by atoms with van der Waals surface area (Å²) >= 11 is 0. The summed E-state index contributed by atoms with van der Waals surface area (Å²) in [4.78, 5) is 19.9. The number of benzene rings is 1. The molecule has 0 unspecified atom stereocenters. The van der Waals surface area contributed by atoms with Crippen LogP contribution in [0.25, 0.3) is 0 Å². The van der Waals surface area contributed by atoms with E-state index < -0.39 is 0 Å². The lowest BCUT2D eigenvalue weighted by Gasteiger charge is -2.09. The summed E-state index contributed by atoms with van der Waals surface area (Å²) in [6, 6.07) is 5.35. The van der Waals surface area contributed by atoms with Gasteiger partial charge in [0, 0.05) is 5.69 Å². The smallest absolute Gasteiger partial charge is 0.275 e. The molecule has 0 spiro atoms. The van der Waals surface area contributed by atoms with E-state index in [-0.39, 0.29) is 11.6 Å². The maximum absolute atomic E-state index is 12.0. The van der Waals surface area contributed by atoms with Crippen molar-refractivity contribution in [2.45, 2.75) is 6.92 Å². The number of ether oxygens (including phenoxy) is 1. The average molecular weight is 273 g/mol. The van der Waals surface area contributed by atoms with Crippen molar-refractivity contribution in [1.29, 1.82) is 0 Å². The van der Waals surface area contributed by atoms with Crippen LogP contribution in [0.2, 0.25) is 0 Å². The lowest BCUT2D eigenvalue weighted by atomic mass is 10.2. The molecule has 0 bridgehead atoms. The molecule has 0 aliphatic carbocycles. The highest BCUT2D eigenvalue weighted by atomic mass is 16.5. The van der Waals surface area contributed by atoms with Crippen LogP contribution in [-0.2, 0) is 0 Å². The number of hydrazine groups is 1. The highest BCUT2D eigenvalue weighted by Crippen LogP contribution is 2.21. The lowest BCUT2D eigenvalue weighted by Crippen LogP contribution is -2.16. The van der Waals surface area contributed by atoms with Gasteiger partial charge in [-0.2, -0.15) is 0 Å². The highest BCUT2D eigenvalue weighted by Gasteiger charge is 2.10. The topological polar surface area (TPSA) is 102 Å². The maximum atomic E-state index is 12.0. The zero-order valence-electron chi connectivity index (χ0n) is 11.2. The number of nitrogens with two attached hydrogens (primary N) is 1. The molecule has 0 atom stereocenters. The summed E-state index contributed by atoms with van der Waals surface area (Å²) in [5.41, 5.74) is 4.09. The van der Waals surface area contributed by atoms with E-state index >= 15 is 0 Å². The van der Waals surface area contributed by atoms with Gasteiger partial charge < -0.3 is 15.5 Å². The number of carbonyl (C=O) groups is 1. The van der Waals surface area contributed by atoms with Crippen LogP contribution in [-0.4, -0.2) is 23.0 Å². The Balaban J connectivity index is 2.16. The molecule has 7 heteroatoms. The monoisotopic (exact) mass is 273 g/mol. The third-order valence-electron chi connectivity index (χ3n) is 2.67. The van der Waals surface area contributed by atoms with Crippen molar-refractivity contribution in [3.05, 3.63) is 41.9 Å². The first-order valence-corrected chi connectivity index (χ1v) is 5.88. The average Bonchev–Trinajstić information content (AvgIpc) is 2.47. The number of nitrogens with one attached hydrogen (secondary N) is 2. The van der Waals surface area contributed by atoms with Gasteiger partial charge >= 0.3 is 0 Å².